The second-order valence-corrected chi connectivity index (χ2v) is 7.40. The molecule has 0 aromatic heterocycles. The number of phenols is 1. The largest absolute Gasteiger partial charge is 0.508 e. The fourth-order valence-corrected chi connectivity index (χ4v) is 5.42. The van der Waals surface area contributed by atoms with Crippen LogP contribution in [0.25, 0.3) is 0 Å². The van der Waals surface area contributed by atoms with Crippen molar-refractivity contribution in [2.45, 2.75) is 38.6 Å². The molecule has 5 rings (SSSR count). The van der Waals surface area contributed by atoms with Gasteiger partial charge in [0.15, 0.2) is 0 Å². The first-order valence-corrected chi connectivity index (χ1v) is 8.26. The van der Waals surface area contributed by atoms with Gasteiger partial charge in [-0.3, -0.25) is 0 Å². The van der Waals surface area contributed by atoms with Gasteiger partial charge in [-0.1, -0.05) is 12.1 Å². The summed E-state index contributed by atoms with van der Waals surface area (Å²) in [5.41, 5.74) is 1.19. The molecule has 2 nitrogen and oxygen atoms in total. The molecule has 4 aliphatic rings. The molecule has 0 aliphatic heterocycles. The Labute approximate surface area is 121 Å². The summed E-state index contributed by atoms with van der Waals surface area (Å²) in [6, 6.07) is 7.62. The van der Waals surface area contributed by atoms with Gasteiger partial charge in [0.25, 0.3) is 0 Å². The Kier molecular flexibility index (Phi) is 3.22. The van der Waals surface area contributed by atoms with Gasteiger partial charge in [-0.15, -0.1) is 0 Å². The maximum atomic E-state index is 9.50. The van der Waals surface area contributed by atoms with Crippen LogP contribution < -0.4 is 5.32 Å². The minimum Gasteiger partial charge on any atom is -0.508 e. The predicted molar refractivity (Wildman–Crippen MR) is 80.3 cm³/mol. The third kappa shape index (κ3) is 2.35. The Morgan fingerprint density at radius 2 is 1.70 bits per heavy atom. The molecule has 20 heavy (non-hydrogen) atoms. The summed E-state index contributed by atoms with van der Waals surface area (Å²) in [7, 11) is 0. The second kappa shape index (κ2) is 5.07. The fourth-order valence-electron chi connectivity index (χ4n) is 5.42. The third-order valence-electron chi connectivity index (χ3n) is 6.04. The zero-order valence-corrected chi connectivity index (χ0v) is 12.1. The zero-order valence-electron chi connectivity index (χ0n) is 12.1. The summed E-state index contributed by atoms with van der Waals surface area (Å²) in [5.74, 6) is 5.43. The number of hydrogen-bond donors (Lipinski definition) is 2. The number of rotatable bonds is 4. The van der Waals surface area contributed by atoms with Crippen LogP contribution in [0.15, 0.2) is 24.3 Å². The summed E-state index contributed by atoms with van der Waals surface area (Å²) in [5, 5.41) is 13.1. The van der Waals surface area contributed by atoms with E-state index in [2.05, 4.69) is 11.4 Å². The van der Waals surface area contributed by atoms with Crippen molar-refractivity contribution in [3.63, 3.8) is 0 Å². The fraction of sp³-hybridized carbons (Fsp3) is 0.667. The van der Waals surface area contributed by atoms with Gasteiger partial charge < -0.3 is 10.4 Å². The summed E-state index contributed by atoms with van der Waals surface area (Å²) in [4.78, 5) is 0. The van der Waals surface area contributed by atoms with Crippen LogP contribution in [0.3, 0.4) is 0 Å². The molecular formula is C18H25NO. The Bertz CT molecular complexity index is 456. The van der Waals surface area contributed by atoms with Gasteiger partial charge >= 0.3 is 0 Å². The van der Waals surface area contributed by atoms with E-state index in [0.717, 1.165) is 36.1 Å². The van der Waals surface area contributed by atoms with E-state index in [-0.39, 0.29) is 0 Å². The molecule has 108 valence electrons. The lowest BCUT2D eigenvalue weighted by atomic mass is 9.52. The lowest BCUT2D eigenvalue weighted by molar-refractivity contribution is -0.0355. The molecule has 4 bridgehead atoms. The molecule has 2 N–H and O–H groups in total. The van der Waals surface area contributed by atoms with Crippen molar-refractivity contribution < 1.29 is 5.11 Å². The predicted octanol–water partition coefficient (Wildman–Crippen LogP) is 3.55. The molecule has 1 aromatic rings. The van der Waals surface area contributed by atoms with Crippen LogP contribution in [0, 0.1) is 29.6 Å². The summed E-state index contributed by atoms with van der Waals surface area (Å²) < 4.78 is 0. The van der Waals surface area contributed by atoms with Crippen LogP contribution in [0.5, 0.6) is 5.75 Å². The topological polar surface area (TPSA) is 32.3 Å². The lowest BCUT2D eigenvalue weighted by Crippen LogP contribution is -2.48. The molecule has 0 saturated heterocycles. The maximum absolute atomic E-state index is 9.50. The van der Waals surface area contributed by atoms with E-state index in [4.69, 9.17) is 0 Å². The first kappa shape index (κ1) is 12.7. The van der Waals surface area contributed by atoms with E-state index in [1.807, 2.05) is 12.1 Å². The summed E-state index contributed by atoms with van der Waals surface area (Å²) in [6.45, 7) is 2.06. The molecule has 0 unspecified atom stereocenters. The normalized spacial score (nSPS) is 38.3. The van der Waals surface area contributed by atoms with Crippen molar-refractivity contribution in [2.75, 3.05) is 6.54 Å². The third-order valence-corrected chi connectivity index (χ3v) is 6.04. The van der Waals surface area contributed by atoms with Gasteiger partial charge in [0.1, 0.15) is 5.75 Å². The second-order valence-electron chi connectivity index (χ2n) is 7.40. The standard InChI is InChI=1S/C18H25NO/c20-17-3-1-2-12(9-17)10-19-11-18-15-5-13-4-14(7-15)8-16(18)6-13/h1-3,9,13-16,18-20H,4-8,10-11H2. The highest BCUT2D eigenvalue weighted by Gasteiger charge is 2.47. The average molecular weight is 271 g/mol. The molecule has 0 spiro atoms. The highest BCUT2D eigenvalue weighted by molar-refractivity contribution is 5.26. The number of benzene rings is 1. The van der Waals surface area contributed by atoms with Crippen LogP contribution in [0.4, 0.5) is 0 Å². The Morgan fingerprint density at radius 1 is 1.00 bits per heavy atom. The number of hydrogen-bond acceptors (Lipinski definition) is 2. The summed E-state index contributed by atoms with van der Waals surface area (Å²) in [6.07, 6.45) is 7.56. The van der Waals surface area contributed by atoms with Gasteiger partial charge in [0.2, 0.25) is 0 Å². The van der Waals surface area contributed by atoms with Crippen molar-refractivity contribution in [1.29, 1.82) is 0 Å². The van der Waals surface area contributed by atoms with E-state index in [9.17, 15) is 5.11 Å². The van der Waals surface area contributed by atoms with Gasteiger partial charge in [-0.2, -0.15) is 0 Å². The Balaban J connectivity index is 1.34. The van der Waals surface area contributed by atoms with Crippen molar-refractivity contribution in [1.82, 2.24) is 5.32 Å². The quantitative estimate of drug-likeness (QED) is 0.877. The summed E-state index contributed by atoms with van der Waals surface area (Å²) >= 11 is 0. The van der Waals surface area contributed by atoms with Gasteiger partial charge in [0.05, 0.1) is 0 Å². The molecule has 0 radical (unpaired) electrons. The Morgan fingerprint density at radius 3 is 2.35 bits per heavy atom. The van der Waals surface area contributed by atoms with Crippen molar-refractivity contribution >= 4 is 0 Å². The van der Waals surface area contributed by atoms with E-state index in [1.54, 1.807) is 6.07 Å². The average Bonchev–Trinajstić information content (AvgIpc) is 2.41. The maximum Gasteiger partial charge on any atom is 0.115 e. The van der Waals surface area contributed by atoms with Gasteiger partial charge in [0, 0.05) is 6.54 Å². The van der Waals surface area contributed by atoms with Crippen LogP contribution in [0.2, 0.25) is 0 Å². The van der Waals surface area contributed by atoms with Crippen LogP contribution in [-0.2, 0) is 6.54 Å². The molecule has 4 fully saturated rings. The SMILES string of the molecule is Oc1cccc(CNCC2C3CC4CC(C3)CC2C4)c1. The molecule has 0 amide bonds. The first-order chi connectivity index (χ1) is 9.78. The zero-order chi connectivity index (χ0) is 13.5. The highest BCUT2D eigenvalue weighted by atomic mass is 16.3. The monoisotopic (exact) mass is 271 g/mol. The van der Waals surface area contributed by atoms with Crippen molar-refractivity contribution in [3.05, 3.63) is 29.8 Å². The molecule has 0 heterocycles. The molecule has 4 saturated carbocycles. The van der Waals surface area contributed by atoms with E-state index in [0.29, 0.717) is 5.75 Å². The van der Waals surface area contributed by atoms with Gasteiger partial charge in [-0.25, -0.2) is 0 Å². The number of nitrogens with one attached hydrogen (secondary N) is 1. The minimum absolute atomic E-state index is 0.374. The minimum atomic E-state index is 0.374. The Hall–Kier alpha value is -1.02. The van der Waals surface area contributed by atoms with Gasteiger partial charge in [-0.05, 0) is 85.9 Å². The molecular weight excluding hydrogens is 246 g/mol. The number of aromatic hydroxyl groups is 1. The molecule has 0 atom stereocenters. The van der Waals surface area contributed by atoms with Crippen molar-refractivity contribution in [3.8, 4) is 5.75 Å². The first-order valence-electron chi connectivity index (χ1n) is 8.26. The van der Waals surface area contributed by atoms with E-state index >= 15 is 0 Å². The molecule has 1 aromatic carbocycles. The van der Waals surface area contributed by atoms with Crippen LogP contribution in [0.1, 0.15) is 37.7 Å². The lowest BCUT2D eigenvalue weighted by Gasteiger charge is -2.54. The van der Waals surface area contributed by atoms with Crippen LogP contribution in [-0.4, -0.2) is 11.7 Å². The smallest absolute Gasteiger partial charge is 0.115 e. The number of phenolic OH excluding ortho intramolecular Hbond substituents is 1. The molecule has 2 heteroatoms. The highest BCUT2D eigenvalue weighted by Crippen LogP contribution is 2.56. The van der Waals surface area contributed by atoms with Crippen molar-refractivity contribution in [2.24, 2.45) is 29.6 Å². The van der Waals surface area contributed by atoms with Crippen LogP contribution >= 0.6 is 0 Å². The van der Waals surface area contributed by atoms with E-state index < -0.39 is 0 Å². The van der Waals surface area contributed by atoms with E-state index in [1.165, 1.54) is 44.2 Å². The molecule has 4 aliphatic carbocycles.